The number of oxime groups is 1. The van der Waals surface area contributed by atoms with E-state index in [9.17, 15) is 24.4 Å². The molecule has 4 N–H and O–H groups in total. The van der Waals surface area contributed by atoms with E-state index in [0.29, 0.717) is 11.3 Å². The number of anilines is 1. The minimum Gasteiger partial charge on any atom is -0.479 e. The van der Waals surface area contributed by atoms with Gasteiger partial charge in [-0.25, -0.2) is 14.6 Å². The van der Waals surface area contributed by atoms with Gasteiger partial charge >= 0.3 is 12.1 Å². The lowest BCUT2D eigenvalue weighted by atomic mass is 10.0. The Morgan fingerprint density at radius 2 is 2.02 bits per heavy atom. The number of nitrogens with zero attached hydrogens (tertiary/aromatic N) is 4. The number of rotatable bonds is 10. The average Bonchev–Trinajstić information content (AvgIpc) is 3.58. The number of fused-ring (bicyclic) bond motifs is 1. The monoisotopic (exact) mass is 622 g/mol. The fourth-order valence-corrected chi connectivity index (χ4v) is 5.66. The molecule has 4 rings (SSSR count). The van der Waals surface area contributed by atoms with Crippen LogP contribution in [0.5, 0.6) is 5.88 Å². The molecular weight excluding hydrogens is 596 g/mol. The number of methoxy groups -OCH3 is 1. The van der Waals surface area contributed by atoms with Crippen LogP contribution in [0.25, 0.3) is 6.08 Å². The van der Waals surface area contributed by atoms with Gasteiger partial charge in [0.2, 0.25) is 6.29 Å². The van der Waals surface area contributed by atoms with Crippen LogP contribution in [0, 0.1) is 0 Å². The number of carbonyl (C=O) groups excluding carboxylic acids is 4. The average molecular weight is 623 g/mol. The maximum atomic E-state index is 13.3. The van der Waals surface area contributed by atoms with Crippen molar-refractivity contribution in [3.63, 3.8) is 0 Å². The summed E-state index contributed by atoms with van der Waals surface area (Å²) in [4.78, 5) is 56.4. The SMILES string of the molecule is COc1cc(/C=C\C2=C(C(=O)OC(C)OC(=O)OC(C)C)N3C(=O)[C@@H](NC(=O)/C(=N\O)c4csc(N)n4)[C@H]3SC2)on1. The number of nitrogens with two attached hydrogens (primary N) is 1. The van der Waals surface area contributed by atoms with Crippen molar-refractivity contribution >= 4 is 64.0 Å². The third kappa shape index (κ3) is 6.65. The summed E-state index contributed by atoms with van der Waals surface area (Å²) in [6.45, 7) is 4.56. The van der Waals surface area contributed by atoms with Gasteiger partial charge in [0.05, 0.1) is 13.2 Å². The molecule has 0 aliphatic carbocycles. The molecule has 1 fully saturated rings. The highest BCUT2D eigenvalue weighted by atomic mass is 32.2. The Bertz CT molecular complexity index is 1460. The highest BCUT2D eigenvalue weighted by Crippen LogP contribution is 2.41. The summed E-state index contributed by atoms with van der Waals surface area (Å²) >= 11 is 2.30. The third-order valence-electron chi connectivity index (χ3n) is 5.59. The molecule has 18 heteroatoms. The molecule has 1 saturated heterocycles. The van der Waals surface area contributed by atoms with E-state index in [1.54, 1.807) is 19.9 Å². The summed E-state index contributed by atoms with van der Waals surface area (Å²) in [5, 5.41) is 19.5. The molecule has 2 aromatic rings. The number of aromatic nitrogens is 2. The van der Waals surface area contributed by atoms with Crippen molar-refractivity contribution in [2.75, 3.05) is 18.6 Å². The largest absolute Gasteiger partial charge is 0.511 e. The molecule has 0 spiro atoms. The Balaban J connectivity index is 1.55. The maximum absolute atomic E-state index is 13.3. The number of thiazole rings is 1. The minimum atomic E-state index is -1.35. The molecule has 16 nitrogen and oxygen atoms in total. The zero-order valence-electron chi connectivity index (χ0n) is 22.6. The predicted octanol–water partition coefficient (Wildman–Crippen LogP) is 1.72. The van der Waals surface area contributed by atoms with Crippen LogP contribution in [0.4, 0.5) is 9.93 Å². The van der Waals surface area contributed by atoms with E-state index in [1.165, 1.54) is 43.3 Å². The summed E-state index contributed by atoms with van der Waals surface area (Å²) in [7, 11) is 1.42. The van der Waals surface area contributed by atoms with E-state index in [1.807, 2.05) is 0 Å². The highest BCUT2D eigenvalue weighted by Gasteiger charge is 2.54. The number of carbonyl (C=O) groups is 4. The molecule has 2 aliphatic rings. The van der Waals surface area contributed by atoms with Crippen molar-refractivity contribution in [1.82, 2.24) is 20.4 Å². The third-order valence-corrected chi connectivity index (χ3v) is 7.57. The number of ether oxygens (including phenoxy) is 4. The number of nitrogens with one attached hydrogen (secondary N) is 1. The van der Waals surface area contributed by atoms with E-state index in [2.05, 4.69) is 20.6 Å². The van der Waals surface area contributed by atoms with Gasteiger partial charge in [0, 0.05) is 24.1 Å². The number of nitrogen functional groups attached to an aromatic ring is 1. The van der Waals surface area contributed by atoms with Crippen LogP contribution in [0.2, 0.25) is 0 Å². The summed E-state index contributed by atoms with van der Waals surface area (Å²) in [5.74, 6) is -1.71. The van der Waals surface area contributed by atoms with Crippen LogP contribution in [0.15, 0.2) is 38.5 Å². The summed E-state index contributed by atoms with van der Waals surface area (Å²) < 4.78 is 25.3. The molecule has 42 heavy (non-hydrogen) atoms. The van der Waals surface area contributed by atoms with Gasteiger partial charge in [-0.3, -0.25) is 14.5 Å². The van der Waals surface area contributed by atoms with Crippen molar-refractivity contribution < 1.29 is 47.9 Å². The van der Waals surface area contributed by atoms with Gasteiger partial charge in [0.15, 0.2) is 16.6 Å². The molecule has 3 atom stereocenters. The van der Waals surface area contributed by atoms with Crippen LogP contribution < -0.4 is 15.8 Å². The number of hydrogen-bond donors (Lipinski definition) is 3. The number of amides is 2. The van der Waals surface area contributed by atoms with Gasteiger partial charge in [0.1, 0.15) is 22.8 Å². The van der Waals surface area contributed by atoms with Crippen LogP contribution in [-0.4, -0.2) is 86.6 Å². The van der Waals surface area contributed by atoms with E-state index in [4.69, 9.17) is 29.2 Å². The first-order valence-electron chi connectivity index (χ1n) is 12.2. The second-order valence-corrected chi connectivity index (χ2v) is 10.9. The molecular formula is C24H26N6O10S2. The Labute approximate surface area is 246 Å². The standard InChI is InChI=1S/C24H26N6O10S2/c1-10(2)37-24(34)39-11(3)38-22(33)18-12(5-6-13-7-15(36-4)29-40-13)8-41-21-17(20(32)30(18)21)27-19(31)16(28-35)14-9-42-23(25)26-14/h5-7,9-11,17,21,35H,8H2,1-4H3,(H2,25,26)(H,27,31)/b6-5-,28-16-/t11?,17-,21-/m1/s1. The first kappa shape index (κ1) is 30.4. The molecule has 2 aliphatic heterocycles. The number of hydrogen-bond acceptors (Lipinski definition) is 16. The molecule has 1 unspecified atom stereocenters. The lowest BCUT2D eigenvalue weighted by molar-refractivity contribution is -0.169. The van der Waals surface area contributed by atoms with Gasteiger partial charge in [-0.15, -0.1) is 23.1 Å². The normalized spacial score (nSPS) is 19.3. The molecule has 4 heterocycles. The topological polar surface area (TPSA) is 218 Å². The van der Waals surface area contributed by atoms with Crippen molar-refractivity contribution in [3.05, 3.63) is 40.2 Å². The molecule has 0 bridgehead atoms. The second kappa shape index (κ2) is 12.9. The first-order chi connectivity index (χ1) is 20.0. The number of thioether (sulfide) groups is 1. The summed E-state index contributed by atoms with van der Waals surface area (Å²) in [6.07, 6.45) is 0.212. The van der Waals surface area contributed by atoms with Gasteiger partial charge in [-0.2, -0.15) is 0 Å². The minimum absolute atomic E-state index is 0.0306. The molecule has 0 aromatic carbocycles. The number of β-lactam (4-membered cyclic amide) rings is 1. The van der Waals surface area contributed by atoms with Gasteiger partial charge < -0.3 is 39.7 Å². The quantitative estimate of drug-likeness (QED) is 0.0858. The molecule has 0 radical (unpaired) electrons. The van der Waals surface area contributed by atoms with E-state index < -0.39 is 53.5 Å². The molecule has 0 saturated carbocycles. The van der Waals surface area contributed by atoms with Gasteiger partial charge in [-0.1, -0.05) is 11.2 Å². The zero-order valence-corrected chi connectivity index (χ0v) is 24.3. The molecule has 224 valence electrons. The molecule has 2 amide bonds. The maximum Gasteiger partial charge on any atom is 0.511 e. The smallest absolute Gasteiger partial charge is 0.479 e. The summed E-state index contributed by atoms with van der Waals surface area (Å²) in [6, 6.07) is 0.442. The van der Waals surface area contributed by atoms with Crippen LogP contribution in [0.1, 0.15) is 32.2 Å². The number of esters is 1. The van der Waals surface area contributed by atoms with Gasteiger partial charge in [0.25, 0.3) is 17.7 Å². The highest BCUT2D eigenvalue weighted by molar-refractivity contribution is 8.00. The Kier molecular flexibility index (Phi) is 9.36. The lowest BCUT2D eigenvalue weighted by Crippen LogP contribution is -2.71. The van der Waals surface area contributed by atoms with Crippen LogP contribution >= 0.6 is 23.1 Å². The van der Waals surface area contributed by atoms with Crippen molar-refractivity contribution in [2.45, 2.75) is 44.6 Å². The number of allylic oxidation sites excluding steroid dienone is 1. The second-order valence-electron chi connectivity index (χ2n) is 8.87. The fourth-order valence-electron chi connectivity index (χ4n) is 3.79. The van der Waals surface area contributed by atoms with E-state index >= 15 is 0 Å². The Morgan fingerprint density at radius 1 is 1.26 bits per heavy atom. The predicted molar refractivity (Wildman–Crippen MR) is 147 cm³/mol. The van der Waals surface area contributed by atoms with Crippen LogP contribution in [0.3, 0.4) is 0 Å². The Hall–Kier alpha value is -4.58. The Morgan fingerprint density at radius 3 is 2.64 bits per heavy atom. The van der Waals surface area contributed by atoms with Crippen molar-refractivity contribution in [3.8, 4) is 5.88 Å². The van der Waals surface area contributed by atoms with Gasteiger partial charge in [-0.05, 0) is 30.7 Å². The lowest BCUT2D eigenvalue weighted by Gasteiger charge is -2.49. The zero-order chi connectivity index (χ0) is 30.6. The van der Waals surface area contributed by atoms with Crippen molar-refractivity contribution in [2.24, 2.45) is 5.16 Å². The van der Waals surface area contributed by atoms with E-state index in [-0.39, 0.29) is 28.2 Å². The summed E-state index contributed by atoms with van der Waals surface area (Å²) in [5.41, 5.74) is 5.44. The molecule has 2 aromatic heterocycles. The fraction of sp³-hybridized carbons (Fsp3) is 0.375. The first-order valence-corrected chi connectivity index (χ1v) is 14.1. The van der Waals surface area contributed by atoms with Crippen molar-refractivity contribution in [1.29, 1.82) is 0 Å². The van der Waals surface area contributed by atoms with E-state index in [0.717, 1.165) is 16.2 Å². The van der Waals surface area contributed by atoms with Crippen LogP contribution in [-0.2, 0) is 28.6 Å².